The van der Waals surface area contributed by atoms with Crippen molar-refractivity contribution in [3.63, 3.8) is 0 Å². The Morgan fingerprint density at radius 3 is 1.50 bits per heavy atom. The van der Waals surface area contributed by atoms with Crippen LogP contribution in [-0.2, 0) is 137 Å². The van der Waals surface area contributed by atoms with Gasteiger partial charge in [-0.25, -0.2) is 34.3 Å². The molecule has 4 bridgehead atoms. The molecule has 14 rings (SSSR count). The Hall–Kier alpha value is -5.13. The fourth-order valence-corrected chi connectivity index (χ4v) is 20.9. The summed E-state index contributed by atoms with van der Waals surface area (Å²) >= 11 is 27.7. The van der Waals surface area contributed by atoms with Crippen LogP contribution in [0.2, 0.25) is 0 Å². The normalized spacial score (nSPS) is 33.2. The Balaban J connectivity index is 0.692. The topological polar surface area (TPSA) is 608 Å². The smallest absolute Gasteiger partial charge is 0.351 e. The van der Waals surface area contributed by atoms with Gasteiger partial charge in [-0.2, -0.15) is 9.97 Å². The molecule has 7 aliphatic rings. The number of fused-ring (bicyclic) bond motifs is 6. The second-order valence-electron chi connectivity index (χ2n) is 26.6. The third-order valence-electron chi connectivity index (χ3n) is 19.7. The van der Waals surface area contributed by atoms with E-state index in [1.165, 1.54) is 67.5 Å². The zero-order chi connectivity index (χ0) is 79.7. The van der Waals surface area contributed by atoms with Crippen molar-refractivity contribution < 1.29 is 108 Å². The van der Waals surface area contributed by atoms with E-state index in [4.69, 9.17) is 155 Å². The van der Waals surface area contributed by atoms with Crippen LogP contribution in [0, 0.1) is 20.8 Å². The number of aliphatic hydroxyl groups excluding tert-OH is 1. The van der Waals surface area contributed by atoms with Crippen molar-refractivity contribution in [2.75, 3.05) is 57.3 Å². The molecular weight excluding hydrogens is 1680 g/mol. The van der Waals surface area contributed by atoms with Gasteiger partial charge in [0.2, 0.25) is 5.95 Å². The van der Waals surface area contributed by atoms with E-state index in [-0.39, 0.29) is 70.3 Å². The van der Waals surface area contributed by atoms with Gasteiger partial charge in [-0.15, -0.1) is 0 Å². The molecule has 0 aliphatic carbocycles. The fraction of sp³-hybridized carbons (Fsp3) is 0.600. The van der Waals surface area contributed by atoms with E-state index in [2.05, 4.69) is 44.9 Å². The van der Waals surface area contributed by atoms with Crippen molar-refractivity contribution in [1.29, 1.82) is 0 Å². The molecule has 7 saturated heterocycles. The first-order valence-corrected chi connectivity index (χ1v) is 46.2. The van der Waals surface area contributed by atoms with Gasteiger partial charge < -0.3 is 116 Å². The molecule has 7 aromatic heterocycles. The first-order chi connectivity index (χ1) is 52.2. The second kappa shape index (κ2) is 31.1. The monoisotopic (exact) mass is 1750 g/mol. The van der Waals surface area contributed by atoms with Gasteiger partial charge in [0.1, 0.15) is 90.3 Å². The molecule has 7 aromatic rings. The molecule has 0 spiro atoms. The number of aryl methyl sites for hydroxylation is 3. The lowest BCUT2D eigenvalue weighted by Gasteiger charge is -2.38. The van der Waals surface area contributed by atoms with Crippen LogP contribution in [0.4, 0.5) is 17.6 Å². The molecule has 7 unspecified atom stereocenters. The molecular formula is C55H72N17O29P5S5. The largest absolute Gasteiger partial charge is 0.393 e. The maximum Gasteiger partial charge on any atom is 0.351 e. The van der Waals surface area contributed by atoms with E-state index >= 15 is 0 Å². The van der Waals surface area contributed by atoms with Gasteiger partial charge in [-0.05, 0) is 93.7 Å². The highest BCUT2D eigenvalue weighted by molar-refractivity contribution is 8.08. The number of aromatic amines is 3. The van der Waals surface area contributed by atoms with Crippen LogP contribution >= 0.6 is 33.6 Å². The summed E-state index contributed by atoms with van der Waals surface area (Å²) in [6.07, 6.45) is -15.1. The summed E-state index contributed by atoms with van der Waals surface area (Å²) in [5, 5.41) is 11.0. The molecule has 7 fully saturated rings. The Bertz CT molecular complexity index is 5450. The van der Waals surface area contributed by atoms with E-state index in [0.29, 0.717) is 5.56 Å². The summed E-state index contributed by atoms with van der Waals surface area (Å²) in [6, 6.07) is 0. The lowest BCUT2D eigenvalue weighted by molar-refractivity contribution is -0.218. The van der Waals surface area contributed by atoms with Gasteiger partial charge in [0.25, 0.3) is 16.7 Å². The SMILES string of the molecule is COP(O)(=S)O[C@@H]1C[C@H](n2cnc3c(=O)[nH]c(N)nc32)O[C@@H]1COP(O)(=S)O[C@@H]1C[C@H](n2cc(C)c(=O)[nH]c2=O)O[C@@H]1COP(O)(=S)O[C@@H]1C[C@H](n2cc(C)c(=O)[nH]c2=O)O[C@@H]1COP(O)(=S)O[C@@H]1C2O[C@@H](C)[C@]1(COP(O)(=S)O[C@@H]1C3O[C@@H](C)[C@]1(CO)O[C@H]3n1cnc3c(N)ncnc31)O[C@H]2n1cc(C)c(N)nc1=O. The van der Waals surface area contributed by atoms with Gasteiger partial charge in [0.05, 0.1) is 76.2 Å². The van der Waals surface area contributed by atoms with E-state index in [0.717, 1.165) is 20.8 Å². The van der Waals surface area contributed by atoms with Crippen LogP contribution in [0.15, 0.2) is 66.3 Å². The van der Waals surface area contributed by atoms with E-state index < -0.39 is 216 Å². The van der Waals surface area contributed by atoms with Crippen molar-refractivity contribution in [3.05, 3.63) is 117 Å². The van der Waals surface area contributed by atoms with Crippen LogP contribution in [0.1, 0.15) is 80.9 Å². The number of aromatic nitrogens is 14. The molecule has 46 nitrogen and oxygen atoms in total. The highest BCUT2D eigenvalue weighted by atomic mass is 32.5. The lowest BCUT2D eigenvalue weighted by atomic mass is 9.94. The Kier molecular flexibility index (Phi) is 23.1. The summed E-state index contributed by atoms with van der Waals surface area (Å²) in [6.45, 7) is -18.7. The third-order valence-corrected chi connectivity index (χ3v) is 27.6. The summed E-state index contributed by atoms with van der Waals surface area (Å²) < 4.78 is 110. The minimum Gasteiger partial charge on any atom is -0.393 e. The number of H-pyrrole nitrogens is 3. The van der Waals surface area contributed by atoms with Crippen molar-refractivity contribution in [1.82, 2.24) is 67.7 Å². The Labute approximate surface area is 648 Å². The second-order valence-corrected chi connectivity index (χ2v) is 40.7. The molecule has 7 aliphatic heterocycles. The average Bonchev–Trinajstić information content (AvgIpc) is 1.55. The summed E-state index contributed by atoms with van der Waals surface area (Å²) in [5.41, 5.74) is 10.3. The molecule has 15 N–H and O–H groups in total. The maximum atomic E-state index is 13.7. The number of nitrogens with two attached hydrogens (primary N) is 3. The van der Waals surface area contributed by atoms with E-state index in [1.807, 2.05) is 0 Å². The number of ether oxygens (including phenoxy) is 7. The van der Waals surface area contributed by atoms with Crippen molar-refractivity contribution >= 4 is 133 Å². The predicted octanol–water partition coefficient (Wildman–Crippen LogP) is -1.32. The van der Waals surface area contributed by atoms with Gasteiger partial charge in [0, 0.05) is 61.7 Å². The van der Waals surface area contributed by atoms with E-state index in [9.17, 15) is 58.3 Å². The van der Waals surface area contributed by atoms with Crippen LogP contribution in [0.25, 0.3) is 22.3 Å². The zero-order valence-corrected chi connectivity index (χ0v) is 67.0. The van der Waals surface area contributed by atoms with Crippen molar-refractivity contribution in [2.24, 2.45) is 0 Å². The van der Waals surface area contributed by atoms with Gasteiger partial charge in [-0.1, -0.05) is 0 Å². The molecule has 0 amide bonds. The maximum absolute atomic E-state index is 13.7. The lowest BCUT2D eigenvalue weighted by Crippen LogP contribution is -2.51. The van der Waals surface area contributed by atoms with E-state index in [1.54, 1.807) is 13.8 Å². The summed E-state index contributed by atoms with van der Waals surface area (Å²) in [4.78, 5) is 169. The number of hydrogen-bond acceptors (Lipinski definition) is 38. The number of nitrogen functional groups attached to an aromatic ring is 3. The molecule has 24 atom stereocenters. The predicted molar refractivity (Wildman–Crippen MR) is 397 cm³/mol. The third kappa shape index (κ3) is 16.3. The van der Waals surface area contributed by atoms with Crippen LogP contribution in [0.3, 0.4) is 0 Å². The standard InChI is InChI=1S/C55H72N17O29P5S5/c1-21-10-70(51(77)63-41(21)56)48-38-40(55(96-48,25(5)91-38)17-89-106(84,111)100-39-37-49(95-54(39,16-73)24(4)90-37)72-20-61-35-42(57)59-18-60-43(35)72)101-105(83,110)88-15-31-28(8-33(93-31)69-12-23(3)46(75)67-53(69)79)99-104(82,109)87-14-30-27(7-32(92-30)68-11-22(2)45(74)66-52(68)78)98-103(81,108)86-13-29-26(97-102(80,107)85-6)9-34(94-29)71-19-62-36-44(71)64-50(58)65-47(36)76/h10-12,18-20,24-34,37-40,48-49,73H,7-9,13-17H2,1-6H3,(H,80,107)(H,81,108)(H,82,109)(H,83,110)(H,84,111)(H2,56,63,77)(H2,57,59,60)(H,66,74,78)(H,67,75,79)(H3,58,64,65,76)/t24-,25-,26+,27+,28+,29+,30+,31+,32+,33+,34+,37?,38?,39+,40+,48+,49+,54-,55-,102?,103?,104?,105?,106?/m0/s1. The number of imidazole rings is 2. The highest BCUT2D eigenvalue weighted by Gasteiger charge is 2.70. The number of rotatable bonds is 29. The molecule has 606 valence electrons. The molecule has 56 heteroatoms. The van der Waals surface area contributed by atoms with Gasteiger partial charge in [0.15, 0.2) is 35.1 Å². The van der Waals surface area contributed by atoms with Crippen LogP contribution < -0.4 is 50.9 Å². The summed E-state index contributed by atoms with van der Waals surface area (Å²) in [7, 11) is 1.12. The van der Waals surface area contributed by atoms with Gasteiger partial charge in [-0.3, -0.25) is 61.2 Å². The quantitative estimate of drug-likeness (QED) is 0.0242. The first-order valence-electron chi connectivity index (χ1n) is 33.3. The molecule has 0 radical (unpaired) electrons. The minimum absolute atomic E-state index is 0.0208. The molecule has 0 aromatic carbocycles. The fourth-order valence-electron chi connectivity index (χ4n) is 14.0. The zero-order valence-electron chi connectivity index (χ0n) is 58.4. The molecule has 0 saturated carbocycles. The average molecular weight is 1750 g/mol. The number of hydrogen-bond donors (Lipinski definition) is 12. The number of anilines is 3. The van der Waals surface area contributed by atoms with Crippen molar-refractivity contribution in [3.8, 4) is 0 Å². The minimum atomic E-state index is -4.77. The number of aliphatic hydroxyl groups is 1. The van der Waals surface area contributed by atoms with Crippen molar-refractivity contribution in [2.45, 2.75) is 169 Å². The number of nitrogens with zero attached hydrogens (tertiary/aromatic N) is 11. The highest BCUT2D eigenvalue weighted by Crippen LogP contribution is 2.62. The molecule has 14 heterocycles. The Morgan fingerprint density at radius 2 is 0.973 bits per heavy atom. The first kappa shape index (κ1) is 82.4. The van der Waals surface area contributed by atoms with Crippen LogP contribution in [-0.4, -0.2) is 222 Å². The summed E-state index contributed by atoms with van der Waals surface area (Å²) in [5.74, 6) is -0.268. The Morgan fingerprint density at radius 1 is 0.523 bits per heavy atom. The van der Waals surface area contributed by atoms with Gasteiger partial charge >= 0.3 is 50.7 Å². The number of nitrogens with one attached hydrogen (secondary N) is 3. The van der Waals surface area contributed by atoms with Crippen LogP contribution in [0.5, 0.6) is 0 Å². The molecule has 111 heavy (non-hydrogen) atoms.